The minimum Gasteiger partial charge on any atom is -0.258 e. The van der Waals surface area contributed by atoms with E-state index in [2.05, 4.69) is 0 Å². The molecule has 0 bridgehead atoms. The van der Waals surface area contributed by atoms with Crippen molar-refractivity contribution in [2.45, 2.75) is 6.92 Å². The Morgan fingerprint density at radius 3 is 2.54 bits per heavy atom. The van der Waals surface area contributed by atoms with E-state index in [0.717, 1.165) is 18.2 Å². The molecule has 0 heterocycles. The van der Waals surface area contributed by atoms with Crippen LogP contribution in [0.3, 0.4) is 0 Å². The van der Waals surface area contributed by atoms with E-state index in [1.807, 2.05) is 0 Å². The van der Waals surface area contributed by atoms with E-state index in [1.54, 1.807) is 0 Å². The second-order valence-electron chi connectivity index (χ2n) is 2.53. The Bertz CT molecular complexity index is 376. The molecule has 68 valence electrons. The van der Waals surface area contributed by atoms with Crippen LogP contribution in [-0.4, -0.2) is 11.0 Å². The van der Waals surface area contributed by atoms with Crippen molar-refractivity contribution in [3.8, 4) is 0 Å². The number of carbonyl (C=O) groups is 1. The fraction of sp³-hybridized carbons (Fsp3) is 0.125. The Balaban J connectivity index is 3.20. The van der Waals surface area contributed by atoms with Gasteiger partial charge in [-0.2, -0.15) is 4.39 Å². The van der Waals surface area contributed by atoms with E-state index < -0.39 is 11.0 Å². The van der Waals surface area contributed by atoms with Crippen LogP contribution in [0.1, 0.15) is 15.9 Å². The van der Waals surface area contributed by atoms with E-state index in [-0.39, 0.29) is 16.8 Å². The average molecular weight is 183 g/mol. The maximum absolute atomic E-state index is 12.1. The molecule has 1 aromatic carbocycles. The Hall–Kier alpha value is -1.78. The molecule has 13 heavy (non-hydrogen) atoms. The summed E-state index contributed by atoms with van der Waals surface area (Å²) in [5.74, 6) is 0. The number of rotatable bonds is 2. The van der Waals surface area contributed by atoms with Crippen molar-refractivity contribution in [1.29, 1.82) is 0 Å². The zero-order valence-corrected chi connectivity index (χ0v) is 6.78. The maximum Gasteiger partial charge on any atom is 0.332 e. The third kappa shape index (κ3) is 1.87. The molecule has 0 amide bonds. The summed E-state index contributed by atoms with van der Waals surface area (Å²) in [5.41, 5.74) is -0.0124. The molecule has 0 unspecified atom stereocenters. The van der Waals surface area contributed by atoms with Gasteiger partial charge in [0.05, 0.1) is 10.5 Å². The molecule has 0 aliphatic heterocycles. The molecular weight excluding hydrogens is 177 g/mol. The Morgan fingerprint density at radius 1 is 1.54 bits per heavy atom. The quantitative estimate of drug-likeness (QED) is 0.400. The standard InChI is InChI=1S/C8H6FNO3/c1-5-4-6(8(9)11)2-3-7(5)10(12)13/h2-4H,1H3. The van der Waals surface area contributed by atoms with Gasteiger partial charge in [-0.25, -0.2) is 0 Å². The van der Waals surface area contributed by atoms with Crippen LogP contribution in [0.4, 0.5) is 10.1 Å². The Morgan fingerprint density at radius 2 is 2.15 bits per heavy atom. The molecule has 0 radical (unpaired) electrons. The van der Waals surface area contributed by atoms with Gasteiger partial charge in [-0.15, -0.1) is 0 Å². The minimum atomic E-state index is -1.59. The molecule has 4 nitrogen and oxygen atoms in total. The maximum atomic E-state index is 12.1. The highest BCUT2D eigenvalue weighted by atomic mass is 19.1. The summed E-state index contributed by atoms with van der Waals surface area (Å²) in [6.45, 7) is 1.45. The largest absolute Gasteiger partial charge is 0.332 e. The third-order valence-corrected chi connectivity index (χ3v) is 1.62. The summed E-state index contributed by atoms with van der Waals surface area (Å²) in [6.07, 6.45) is 0. The van der Waals surface area contributed by atoms with Gasteiger partial charge in [0.1, 0.15) is 0 Å². The predicted molar refractivity (Wildman–Crippen MR) is 43.3 cm³/mol. The molecule has 0 aliphatic rings. The lowest BCUT2D eigenvalue weighted by Gasteiger charge is -1.97. The normalized spacial score (nSPS) is 9.69. The van der Waals surface area contributed by atoms with Crippen LogP contribution in [0, 0.1) is 17.0 Å². The van der Waals surface area contributed by atoms with E-state index >= 15 is 0 Å². The summed E-state index contributed by atoms with van der Waals surface area (Å²) in [7, 11) is 0. The highest BCUT2D eigenvalue weighted by molar-refractivity contribution is 5.89. The fourth-order valence-corrected chi connectivity index (χ4v) is 0.983. The van der Waals surface area contributed by atoms with Crippen LogP contribution >= 0.6 is 0 Å². The molecular formula is C8H6FNO3. The summed E-state index contributed by atoms with van der Waals surface area (Å²) < 4.78 is 12.1. The van der Waals surface area contributed by atoms with Crippen molar-refractivity contribution in [3.05, 3.63) is 39.4 Å². The summed E-state index contributed by atoms with van der Waals surface area (Å²) >= 11 is 0. The molecule has 0 saturated carbocycles. The van der Waals surface area contributed by atoms with Crippen molar-refractivity contribution in [3.63, 3.8) is 0 Å². The number of aryl methyl sites for hydroxylation is 1. The number of hydrogen-bond acceptors (Lipinski definition) is 3. The first-order valence-electron chi connectivity index (χ1n) is 3.47. The second-order valence-corrected chi connectivity index (χ2v) is 2.53. The van der Waals surface area contributed by atoms with E-state index in [9.17, 15) is 19.3 Å². The number of benzene rings is 1. The highest BCUT2D eigenvalue weighted by Gasteiger charge is 2.12. The van der Waals surface area contributed by atoms with Gasteiger partial charge < -0.3 is 0 Å². The van der Waals surface area contributed by atoms with Crippen LogP contribution in [0.25, 0.3) is 0 Å². The number of nitrogens with zero attached hydrogens (tertiary/aromatic N) is 1. The lowest BCUT2D eigenvalue weighted by molar-refractivity contribution is -0.385. The van der Waals surface area contributed by atoms with Crippen molar-refractivity contribution in [2.75, 3.05) is 0 Å². The minimum absolute atomic E-state index is 0.120. The van der Waals surface area contributed by atoms with Crippen LogP contribution < -0.4 is 0 Å². The van der Waals surface area contributed by atoms with Gasteiger partial charge >= 0.3 is 6.04 Å². The fourth-order valence-electron chi connectivity index (χ4n) is 0.983. The molecule has 0 atom stereocenters. The van der Waals surface area contributed by atoms with Gasteiger partial charge in [0.15, 0.2) is 0 Å². The predicted octanol–water partition coefficient (Wildman–Crippen LogP) is 2.01. The monoisotopic (exact) mass is 183 g/mol. The SMILES string of the molecule is Cc1cc(C(=O)F)ccc1[N+](=O)[O-]. The number of hydrogen-bond donors (Lipinski definition) is 0. The summed E-state index contributed by atoms with van der Waals surface area (Å²) in [4.78, 5) is 20.0. The summed E-state index contributed by atoms with van der Waals surface area (Å²) in [6, 6.07) is 1.77. The highest BCUT2D eigenvalue weighted by Crippen LogP contribution is 2.18. The Kier molecular flexibility index (Phi) is 2.36. The average Bonchev–Trinajstić information content (AvgIpc) is 2.03. The van der Waals surface area contributed by atoms with E-state index in [1.165, 1.54) is 6.92 Å². The lowest BCUT2D eigenvalue weighted by atomic mass is 10.1. The Labute approximate surface area is 73.1 Å². The van der Waals surface area contributed by atoms with Gasteiger partial charge in [-0.1, -0.05) is 0 Å². The van der Waals surface area contributed by atoms with E-state index in [0.29, 0.717) is 0 Å². The van der Waals surface area contributed by atoms with Gasteiger partial charge in [0, 0.05) is 11.6 Å². The first kappa shape index (κ1) is 9.31. The topological polar surface area (TPSA) is 60.2 Å². The van der Waals surface area contributed by atoms with Crippen molar-refractivity contribution in [1.82, 2.24) is 0 Å². The molecule has 0 aromatic heterocycles. The molecule has 1 rings (SSSR count). The molecule has 0 spiro atoms. The number of nitro benzene ring substituents is 1. The molecule has 0 aliphatic carbocycles. The first-order chi connectivity index (χ1) is 6.02. The zero-order chi connectivity index (χ0) is 10.0. The zero-order valence-electron chi connectivity index (χ0n) is 6.78. The molecule has 5 heteroatoms. The van der Waals surface area contributed by atoms with Crippen molar-refractivity contribution in [2.24, 2.45) is 0 Å². The van der Waals surface area contributed by atoms with Gasteiger partial charge in [-0.3, -0.25) is 14.9 Å². The second kappa shape index (κ2) is 3.30. The molecule has 1 aromatic rings. The third-order valence-electron chi connectivity index (χ3n) is 1.62. The number of halogens is 1. The lowest BCUT2D eigenvalue weighted by Crippen LogP contribution is -1.95. The van der Waals surface area contributed by atoms with Crippen molar-refractivity contribution >= 4 is 11.7 Å². The van der Waals surface area contributed by atoms with Gasteiger partial charge in [0.25, 0.3) is 5.69 Å². The first-order valence-corrected chi connectivity index (χ1v) is 3.47. The van der Waals surface area contributed by atoms with Crippen LogP contribution in [0.5, 0.6) is 0 Å². The van der Waals surface area contributed by atoms with Crippen LogP contribution in [0.2, 0.25) is 0 Å². The van der Waals surface area contributed by atoms with Crippen LogP contribution in [-0.2, 0) is 0 Å². The molecule has 0 fully saturated rings. The number of carbonyl (C=O) groups excluding carboxylic acids is 1. The smallest absolute Gasteiger partial charge is 0.258 e. The van der Waals surface area contributed by atoms with Crippen LogP contribution in [0.15, 0.2) is 18.2 Å². The molecule has 0 N–H and O–H groups in total. The number of nitro groups is 1. The summed E-state index contributed by atoms with van der Waals surface area (Å²) in [5, 5.41) is 10.3. The van der Waals surface area contributed by atoms with E-state index in [4.69, 9.17) is 0 Å². The van der Waals surface area contributed by atoms with Crippen molar-refractivity contribution < 1.29 is 14.1 Å². The van der Waals surface area contributed by atoms with Gasteiger partial charge in [0.2, 0.25) is 0 Å². The molecule has 0 saturated heterocycles. The van der Waals surface area contributed by atoms with Gasteiger partial charge in [-0.05, 0) is 19.1 Å².